The Morgan fingerprint density at radius 1 is 1.04 bits per heavy atom. The lowest BCUT2D eigenvalue weighted by Gasteiger charge is -2.12. The van der Waals surface area contributed by atoms with Crippen molar-refractivity contribution in [1.29, 1.82) is 0 Å². The number of sulfonamides is 1. The van der Waals surface area contributed by atoms with Crippen LogP contribution >= 0.6 is 0 Å². The van der Waals surface area contributed by atoms with Gasteiger partial charge in [-0.1, -0.05) is 18.2 Å². The van der Waals surface area contributed by atoms with Gasteiger partial charge in [-0.2, -0.15) is 0 Å². The maximum Gasteiger partial charge on any atom is 0.261 e. The predicted molar refractivity (Wildman–Crippen MR) is 97.7 cm³/mol. The van der Waals surface area contributed by atoms with E-state index in [4.69, 9.17) is 0 Å². The first-order valence-electron chi connectivity index (χ1n) is 7.77. The van der Waals surface area contributed by atoms with Gasteiger partial charge in [0, 0.05) is 35.9 Å². The second kappa shape index (κ2) is 6.67. The first kappa shape index (κ1) is 16.5. The van der Waals surface area contributed by atoms with E-state index in [0.29, 0.717) is 5.69 Å². The molecular weight excluding hydrogens is 322 g/mol. The van der Waals surface area contributed by atoms with Gasteiger partial charge in [0.15, 0.2) is 0 Å². The zero-order valence-corrected chi connectivity index (χ0v) is 14.6. The van der Waals surface area contributed by atoms with Crippen molar-refractivity contribution in [1.82, 2.24) is 9.47 Å². The Morgan fingerprint density at radius 3 is 2.50 bits per heavy atom. The van der Waals surface area contributed by atoms with Crippen LogP contribution in [-0.4, -0.2) is 38.5 Å². The summed E-state index contributed by atoms with van der Waals surface area (Å²) in [4.78, 5) is 2.39. The van der Waals surface area contributed by atoms with Crippen molar-refractivity contribution in [3.8, 4) is 0 Å². The van der Waals surface area contributed by atoms with E-state index in [1.54, 1.807) is 36.4 Å². The van der Waals surface area contributed by atoms with Crippen LogP contribution in [0.3, 0.4) is 0 Å². The van der Waals surface area contributed by atoms with E-state index in [-0.39, 0.29) is 4.90 Å². The molecule has 0 aliphatic heterocycles. The predicted octanol–water partition coefficient (Wildman–Crippen LogP) is 3.00. The van der Waals surface area contributed by atoms with Crippen molar-refractivity contribution in [2.75, 3.05) is 25.4 Å². The molecule has 0 aliphatic rings. The molecule has 5 nitrogen and oxygen atoms in total. The molecular formula is C18H21N3O2S. The molecule has 0 atom stereocenters. The lowest BCUT2D eigenvalue weighted by Crippen LogP contribution is -2.17. The first-order valence-corrected chi connectivity index (χ1v) is 9.25. The summed E-state index contributed by atoms with van der Waals surface area (Å²) < 4.78 is 29.6. The van der Waals surface area contributed by atoms with Crippen LogP contribution < -0.4 is 4.72 Å². The number of rotatable bonds is 6. The molecule has 0 radical (unpaired) electrons. The minimum atomic E-state index is -3.56. The van der Waals surface area contributed by atoms with Crippen LogP contribution in [0.25, 0.3) is 10.9 Å². The molecule has 1 aromatic heterocycles. The van der Waals surface area contributed by atoms with Gasteiger partial charge in [0.1, 0.15) is 0 Å². The molecule has 0 bridgehead atoms. The summed E-state index contributed by atoms with van der Waals surface area (Å²) in [5.41, 5.74) is 1.66. The van der Waals surface area contributed by atoms with Gasteiger partial charge in [-0.3, -0.25) is 4.72 Å². The molecule has 1 N–H and O–H groups in total. The van der Waals surface area contributed by atoms with E-state index in [0.717, 1.165) is 24.0 Å². The van der Waals surface area contributed by atoms with Crippen molar-refractivity contribution in [3.05, 3.63) is 60.8 Å². The summed E-state index contributed by atoms with van der Waals surface area (Å²) in [7, 11) is 0.528. The number of nitrogens with zero attached hydrogens (tertiary/aromatic N) is 2. The van der Waals surface area contributed by atoms with Crippen LogP contribution in [0, 0.1) is 0 Å². The van der Waals surface area contributed by atoms with Gasteiger partial charge in [0.2, 0.25) is 0 Å². The zero-order valence-electron chi connectivity index (χ0n) is 13.8. The van der Waals surface area contributed by atoms with E-state index in [1.165, 1.54) is 0 Å². The van der Waals surface area contributed by atoms with Gasteiger partial charge >= 0.3 is 0 Å². The standard InChI is InChI=1S/C18H21N3O2S/c1-20(2)12-13-21-11-10-15-14-16(8-9-18(15)21)19-24(22,23)17-6-4-3-5-7-17/h3-11,14,19H,12-13H2,1-2H3. The molecule has 3 aromatic rings. The smallest absolute Gasteiger partial charge is 0.261 e. The molecule has 0 aliphatic carbocycles. The van der Waals surface area contributed by atoms with Gasteiger partial charge in [-0.25, -0.2) is 8.42 Å². The number of fused-ring (bicyclic) bond motifs is 1. The fraction of sp³-hybridized carbons (Fsp3) is 0.222. The number of anilines is 1. The average molecular weight is 343 g/mol. The third kappa shape index (κ3) is 3.60. The fourth-order valence-electron chi connectivity index (χ4n) is 2.58. The molecule has 1 heterocycles. The Bertz CT molecular complexity index is 931. The number of nitrogens with one attached hydrogen (secondary N) is 1. The topological polar surface area (TPSA) is 54.3 Å². The third-order valence-electron chi connectivity index (χ3n) is 3.86. The number of hydrogen-bond acceptors (Lipinski definition) is 3. The quantitative estimate of drug-likeness (QED) is 0.748. The summed E-state index contributed by atoms with van der Waals surface area (Å²) in [6.45, 7) is 1.84. The minimum Gasteiger partial charge on any atom is -0.346 e. The van der Waals surface area contributed by atoms with Crippen molar-refractivity contribution < 1.29 is 8.42 Å². The van der Waals surface area contributed by atoms with Crippen LogP contribution in [0.5, 0.6) is 0 Å². The number of hydrogen-bond donors (Lipinski definition) is 1. The summed E-state index contributed by atoms with van der Waals surface area (Å²) in [5.74, 6) is 0. The molecule has 0 spiro atoms. The van der Waals surface area contributed by atoms with Gasteiger partial charge in [0.25, 0.3) is 10.0 Å². The van der Waals surface area contributed by atoms with Crippen LogP contribution in [0.2, 0.25) is 0 Å². The maximum absolute atomic E-state index is 12.4. The number of benzene rings is 2. The molecule has 0 saturated heterocycles. The van der Waals surface area contributed by atoms with Gasteiger partial charge in [0.05, 0.1) is 4.90 Å². The van der Waals surface area contributed by atoms with Gasteiger partial charge in [-0.15, -0.1) is 0 Å². The molecule has 6 heteroatoms. The van der Waals surface area contributed by atoms with Gasteiger partial charge < -0.3 is 9.47 Å². The molecule has 24 heavy (non-hydrogen) atoms. The molecule has 2 aromatic carbocycles. The van der Waals surface area contributed by atoms with Crippen LogP contribution in [0.15, 0.2) is 65.7 Å². The summed E-state index contributed by atoms with van der Waals surface area (Å²) in [6, 6.07) is 16.0. The molecule has 0 unspecified atom stereocenters. The molecule has 0 amide bonds. The summed E-state index contributed by atoms with van der Waals surface area (Å²) in [5, 5.41) is 1.02. The lowest BCUT2D eigenvalue weighted by atomic mass is 10.2. The largest absolute Gasteiger partial charge is 0.346 e. The van der Waals surface area contributed by atoms with Crippen LogP contribution in [0.1, 0.15) is 0 Å². The van der Waals surface area contributed by atoms with E-state index in [9.17, 15) is 8.42 Å². The van der Waals surface area contributed by atoms with Crippen molar-refractivity contribution in [3.63, 3.8) is 0 Å². The van der Waals surface area contributed by atoms with E-state index in [1.807, 2.05) is 38.5 Å². The summed E-state index contributed by atoms with van der Waals surface area (Å²) in [6.07, 6.45) is 2.03. The zero-order chi connectivity index (χ0) is 17.2. The van der Waals surface area contributed by atoms with Crippen molar-refractivity contribution >= 4 is 26.6 Å². The van der Waals surface area contributed by atoms with E-state index in [2.05, 4.69) is 14.2 Å². The van der Waals surface area contributed by atoms with Crippen molar-refractivity contribution in [2.45, 2.75) is 11.4 Å². The Morgan fingerprint density at radius 2 is 1.79 bits per heavy atom. The maximum atomic E-state index is 12.4. The number of aromatic nitrogens is 1. The SMILES string of the molecule is CN(C)CCn1ccc2cc(NS(=O)(=O)c3ccccc3)ccc21. The average Bonchev–Trinajstić information content (AvgIpc) is 2.95. The Kier molecular flexibility index (Phi) is 4.59. The van der Waals surface area contributed by atoms with Crippen LogP contribution in [-0.2, 0) is 16.6 Å². The highest BCUT2D eigenvalue weighted by Gasteiger charge is 2.14. The van der Waals surface area contributed by atoms with Crippen molar-refractivity contribution in [2.24, 2.45) is 0 Å². The second-order valence-electron chi connectivity index (χ2n) is 6.00. The lowest BCUT2D eigenvalue weighted by molar-refractivity contribution is 0.387. The molecule has 3 rings (SSSR count). The number of likely N-dealkylation sites (N-methyl/N-ethyl adjacent to an activating group) is 1. The highest BCUT2D eigenvalue weighted by atomic mass is 32.2. The molecule has 0 saturated carbocycles. The fourth-order valence-corrected chi connectivity index (χ4v) is 3.65. The highest BCUT2D eigenvalue weighted by molar-refractivity contribution is 7.92. The monoisotopic (exact) mass is 343 g/mol. The minimum absolute atomic E-state index is 0.258. The summed E-state index contributed by atoms with van der Waals surface area (Å²) >= 11 is 0. The van der Waals surface area contributed by atoms with Gasteiger partial charge in [-0.05, 0) is 50.5 Å². The highest BCUT2D eigenvalue weighted by Crippen LogP contribution is 2.23. The second-order valence-corrected chi connectivity index (χ2v) is 7.69. The van der Waals surface area contributed by atoms with E-state index >= 15 is 0 Å². The molecule has 126 valence electrons. The Labute approximate surface area is 142 Å². The van der Waals surface area contributed by atoms with Crippen LogP contribution in [0.4, 0.5) is 5.69 Å². The van der Waals surface area contributed by atoms with E-state index < -0.39 is 10.0 Å². The normalized spacial score (nSPS) is 12.0. The first-order chi connectivity index (χ1) is 11.5. The molecule has 0 fully saturated rings. The Hall–Kier alpha value is -2.31. The Balaban J connectivity index is 1.84. The third-order valence-corrected chi connectivity index (χ3v) is 5.26.